The second-order valence-electron chi connectivity index (χ2n) is 3.83. The summed E-state index contributed by atoms with van der Waals surface area (Å²) in [7, 11) is 0. The molecule has 5 nitrogen and oxygen atoms in total. The van der Waals surface area contributed by atoms with E-state index < -0.39 is 0 Å². The Morgan fingerprint density at radius 2 is 2.31 bits per heavy atom. The quantitative estimate of drug-likeness (QED) is 0.702. The number of pyridine rings is 1. The van der Waals surface area contributed by atoms with Crippen molar-refractivity contribution in [3.63, 3.8) is 0 Å². The Hall–Kier alpha value is -1.46. The number of nitrogens with two attached hydrogens (primary N) is 1. The highest BCUT2D eigenvalue weighted by Gasteiger charge is 2.25. The summed E-state index contributed by atoms with van der Waals surface area (Å²) in [6.45, 7) is 2.80. The van der Waals surface area contributed by atoms with Gasteiger partial charge in [-0.1, -0.05) is 0 Å². The maximum Gasteiger partial charge on any atom is 0.254 e. The minimum Gasteiger partial charge on any atom is -0.332 e. The fourth-order valence-electron chi connectivity index (χ4n) is 1.90. The normalized spacial score (nSPS) is 20.8. The number of nitrogens with one attached hydrogen (secondary N) is 1. The molecule has 1 fully saturated rings. The van der Waals surface area contributed by atoms with Gasteiger partial charge in [-0.3, -0.25) is 9.78 Å². The molecule has 3 N–H and O–H groups in total. The van der Waals surface area contributed by atoms with Crippen LogP contribution in [0.15, 0.2) is 24.5 Å². The van der Waals surface area contributed by atoms with Crippen LogP contribution in [0.2, 0.25) is 0 Å². The van der Waals surface area contributed by atoms with Crippen molar-refractivity contribution in [2.75, 3.05) is 26.2 Å². The molecule has 1 aromatic rings. The molecule has 16 heavy (non-hydrogen) atoms. The first-order chi connectivity index (χ1) is 7.83. The van der Waals surface area contributed by atoms with Crippen LogP contribution in [0.1, 0.15) is 10.4 Å². The third-order valence-corrected chi connectivity index (χ3v) is 2.81. The molecule has 1 saturated heterocycles. The number of piperazine rings is 1. The van der Waals surface area contributed by atoms with Crippen molar-refractivity contribution in [1.29, 1.82) is 0 Å². The van der Waals surface area contributed by atoms with Crippen molar-refractivity contribution in [3.8, 4) is 0 Å². The molecule has 86 valence electrons. The van der Waals surface area contributed by atoms with Crippen molar-refractivity contribution in [1.82, 2.24) is 15.2 Å². The first kappa shape index (κ1) is 11.0. The Kier molecular flexibility index (Phi) is 3.48. The lowest BCUT2D eigenvalue weighted by Crippen LogP contribution is -2.56. The van der Waals surface area contributed by atoms with Gasteiger partial charge in [0.05, 0.1) is 6.04 Å². The van der Waals surface area contributed by atoms with Crippen molar-refractivity contribution in [2.45, 2.75) is 6.04 Å². The average Bonchev–Trinajstić information content (AvgIpc) is 2.39. The molecule has 1 atom stereocenters. The van der Waals surface area contributed by atoms with Gasteiger partial charge in [-0.25, -0.2) is 0 Å². The van der Waals surface area contributed by atoms with Crippen LogP contribution in [0.4, 0.5) is 0 Å². The zero-order valence-electron chi connectivity index (χ0n) is 9.10. The molecule has 0 saturated carbocycles. The van der Waals surface area contributed by atoms with Gasteiger partial charge in [0.2, 0.25) is 0 Å². The largest absolute Gasteiger partial charge is 0.332 e. The number of hydrogen-bond donors (Lipinski definition) is 2. The summed E-state index contributed by atoms with van der Waals surface area (Å²) < 4.78 is 0. The van der Waals surface area contributed by atoms with Crippen LogP contribution in [-0.2, 0) is 0 Å². The van der Waals surface area contributed by atoms with E-state index in [0.29, 0.717) is 18.7 Å². The minimum absolute atomic E-state index is 0.0411. The van der Waals surface area contributed by atoms with Crippen molar-refractivity contribution in [2.24, 2.45) is 5.73 Å². The fraction of sp³-hybridized carbons (Fsp3) is 0.455. The van der Waals surface area contributed by atoms with Gasteiger partial charge in [0.15, 0.2) is 0 Å². The summed E-state index contributed by atoms with van der Waals surface area (Å²) in [6, 6.07) is 3.56. The summed E-state index contributed by atoms with van der Waals surface area (Å²) in [5.41, 5.74) is 6.34. The third kappa shape index (κ3) is 2.20. The topological polar surface area (TPSA) is 71.2 Å². The highest BCUT2D eigenvalue weighted by molar-refractivity contribution is 5.94. The minimum atomic E-state index is 0.0411. The van der Waals surface area contributed by atoms with Gasteiger partial charge in [-0.15, -0.1) is 0 Å². The Balaban J connectivity index is 2.14. The van der Waals surface area contributed by atoms with E-state index in [2.05, 4.69) is 10.3 Å². The molecule has 0 aliphatic carbocycles. The molecule has 1 aromatic heterocycles. The van der Waals surface area contributed by atoms with Crippen LogP contribution in [0.5, 0.6) is 0 Å². The van der Waals surface area contributed by atoms with Crippen molar-refractivity contribution >= 4 is 5.91 Å². The average molecular weight is 220 g/mol. The summed E-state index contributed by atoms with van der Waals surface area (Å²) >= 11 is 0. The van der Waals surface area contributed by atoms with Gasteiger partial charge in [0, 0.05) is 44.1 Å². The standard InChI is InChI=1S/C11H16N4O/c12-7-10-8-14-5-6-15(10)11(16)9-1-3-13-4-2-9/h1-4,10,14H,5-8,12H2. The predicted octanol–water partition coefficient (Wildman–Crippen LogP) is -0.546. The number of amides is 1. The van der Waals surface area contributed by atoms with Gasteiger partial charge >= 0.3 is 0 Å². The highest BCUT2D eigenvalue weighted by Crippen LogP contribution is 2.09. The molecular formula is C11H16N4O. The van der Waals surface area contributed by atoms with Crippen LogP contribution in [0.3, 0.4) is 0 Å². The molecule has 1 aliphatic heterocycles. The second-order valence-corrected chi connectivity index (χ2v) is 3.83. The summed E-state index contributed by atoms with van der Waals surface area (Å²) in [4.78, 5) is 17.9. The Bertz CT molecular complexity index is 354. The number of rotatable bonds is 2. The van der Waals surface area contributed by atoms with E-state index in [1.165, 1.54) is 0 Å². The third-order valence-electron chi connectivity index (χ3n) is 2.81. The van der Waals surface area contributed by atoms with E-state index in [-0.39, 0.29) is 11.9 Å². The molecule has 1 unspecified atom stereocenters. The smallest absolute Gasteiger partial charge is 0.254 e. The van der Waals surface area contributed by atoms with E-state index in [0.717, 1.165) is 13.1 Å². The zero-order chi connectivity index (χ0) is 11.4. The van der Waals surface area contributed by atoms with Gasteiger partial charge < -0.3 is 16.0 Å². The van der Waals surface area contributed by atoms with Crippen LogP contribution in [0, 0.1) is 0 Å². The molecule has 0 radical (unpaired) electrons. The lowest BCUT2D eigenvalue weighted by Gasteiger charge is -2.35. The van der Waals surface area contributed by atoms with E-state index in [4.69, 9.17) is 5.73 Å². The summed E-state index contributed by atoms with van der Waals surface area (Å²) in [6.07, 6.45) is 3.26. The lowest BCUT2D eigenvalue weighted by atomic mass is 10.1. The molecule has 5 heteroatoms. The SMILES string of the molecule is NCC1CNCCN1C(=O)c1ccncc1. The number of hydrogen-bond acceptors (Lipinski definition) is 4. The number of nitrogens with zero attached hydrogens (tertiary/aromatic N) is 2. The van der Waals surface area contributed by atoms with E-state index in [1.807, 2.05) is 4.90 Å². The van der Waals surface area contributed by atoms with E-state index in [1.54, 1.807) is 24.5 Å². The molecule has 0 bridgehead atoms. The Labute approximate surface area is 94.6 Å². The molecule has 0 spiro atoms. The maximum atomic E-state index is 12.2. The first-order valence-electron chi connectivity index (χ1n) is 5.44. The zero-order valence-corrected chi connectivity index (χ0v) is 9.10. The molecular weight excluding hydrogens is 204 g/mol. The molecule has 1 amide bonds. The van der Waals surface area contributed by atoms with Crippen molar-refractivity contribution < 1.29 is 4.79 Å². The Morgan fingerprint density at radius 3 is 3.00 bits per heavy atom. The highest BCUT2D eigenvalue weighted by atomic mass is 16.2. The summed E-state index contributed by atoms with van der Waals surface area (Å²) in [5.74, 6) is 0.0411. The Morgan fingerprint density at radius 1 is 1.56 bits per heavy atom. The van der Waals surface area contributed by atoms with E-state index in [9.17, 15) is 4.79 Å². The maximum absolute atomic E-state index is 12.2. The molecule has 2 heterocycles. The van der Waals surface area contributed by atoms with Gasteiger partial charge in [-0.2, -0.15) is 0 Å². The molecule has 2 rings (SSSR count). The van der Waals surface area contributed by atoms with Crippen LogP contribution < -0.4 is 11.1 Å². The van der Waals surface area contributed by atoms with Crippen LogP contribution in [0.25, 0.3) is 0 Å². The van der Waals surface area contributed by atoms with Crippen molar-refractivity contribution in [3.05, 3.63) is 30.1 Å². The van der Waals surface area contributed by atoms with Gasteiger partial charge in [-0.05, 0) is 12.1 Å². The fourth-order valence-corrected chi connectivity index (χ4v) is 1.90. The number of aromatic nitrogens is 1. The monoisotopic (exact) mass is 220 g/mol. The number of carbonyl (C=O) groups excluding carboxylic acids is 1. The van der Waals surface area contributed by atoms with Crippen LogP contribution >= 0.6 is 0 Å². The first-order valence-corrected chi connectivity index (χ1v) is 5.44. The lowest BCUT2D eigenvalue weighted by molar-refractivity contribution is 0.0644. The van der Waals surface area contributed by atoms with Crippen LogP contribution in [-0.4, -0.2) is 48.0 Å². The van der Waals surface area contributed by atoms with E-state index >= 15 is 0 Å². The predicted molar refractivity (Wildman–Crippen MR) is 61.0 cm³/mol. The molecule has 1 aliphatic rings. The van der Waals surface area contributed by atoms with Gasteiger partial charge in [0.25, 0.3) is 5.91 Å². The molecule has 0 aromatic carbocycles. The van der Waals surface area contributed by atoms with Gasteiger partial charge in [0.1, 0.15) is 0 Å². The second kappa shape index (κ2) is 5.05. The summed E-state index contributed by atoms with van der Waals surface area (Å²) in [5, 5.41) is 3.24. The number of carbonyl (C=O) groups is 1.